The van der Waals surface area contributed by atoms with Crippen molar-refractivity contribution >= 4 is 28.5 Å². The topological polar surface area (TPSA) is 87.5 Å². The first kappa shape index (κ1) is 22.6. The Morgan fingerprint density at radius 2 is 2.15 bits per heavy atom. The number of aliphatic hydroxyl groups is 1. The number of aliphatic hydroxyl groups excluding tert-OH is 1. The van der Waals surface area contributed by atoms with Gasteiger partial charge in [0.1, 0.15) is 5.82 Å². The summed E-state index contributed by atoms with van der Waals surface area (Å²) >= 11 is 1.31. The fourth-order valence-corrected chi connectivity index (χ4v) is 5.93. The molecule has 176 valence electrons. The van der Waals surface area contributed by atoms with E-state index in [4.69, 9.17) is 0 Å². The molecule has 2 aromatic heterocycles. The normalized spacial score (nSPS) is 23.9. The van der Waals surface area contributed by atoms with Crippen LogP contribution in [-0.4, -0.2) is 38.1 Å². The summed E-state index contributed by atoms with van der Waals surface area (Å²) in [5.41, 5.74) is 1.72. The SMILES string of the molecule is C/C=C/c1ccc2n(c1=O)C[C@H]1[C@H](CO)[C@@H](C(=O)Nc3nccs3)N(Cc3ccccc3F)[C@@H]21. The molecule has 2 aliphatic heterocycles. The first-order valence-electron chi connectivity index (χ1n) is 11.2. The molecule has 1 amide bonds. The zero-order valence-electron chi connectivity index (χ0n) is 18.6. The molecule has 0 spiro atoms. The van der Waals surface area contributed by atoms with E-state index in [1.54, 1.807) is 46.5 Å². The predicted molar refractivity (Wildman–Crippen MR) is 129 cm³/mol. The molecule has 1 aromatic carbocycles. The Kier molecular flexibility index (Phi) is 6.16. The number of amides is 1. The largest absolute Gasteiger partial charge is 0.396 e. The van der Waals surface area contributed by atoms with E-state index in [-0.39, 0.29) is 42.4 Å². The maximum absolute atomic E-state index is 14.6. The number of hydrogen-bond donors (Lipinski definition) is 2. The minimum Gasteiger partial charge on any atom is -0.396 e. The Balaban J connectivity index is 1.59. The molecule has 34 heavy (non-hydrogen) atoms. The van der Waals surface area contributed by atoms with Crippen LogP contribution in [0.2, 0.25) is 0 Å². The van der Waals surface area contributed by atoms with Crippen molar-refractivity contribution in [3.63, 3.8) is 0 Å². The van der Waals surface area contributed by atoms with Crippen molar-refractivity contribution in [2.24, 2.45) is 11.8 Å². The van der Waals surface area contributed by atoms with Gasteiger partial charge in [-0.3, -0.25) is 14.5 Å². The summed E-state index contributed by atoms with van der Waals surface area (Å²) in [7, 11) is 0. The lowest BCUT2D eigenvalue weighted by Crippen LogP contribution is -2.45. The molecule has 3 aromatic rings. The zero-order chi connectivity index (χ0) is 23.8. The Morgan fingerprint density at radius 1 is 1.32 bits per heavy atom. The van der Waals surface area contributed by atoms with Crippen LogP contribution in [0, 0.1) is 17.7 Å². The molecular formula is C25H25FN4O3S. The molecule has 2 N–H and O–H groups in total. The molecule has 2 aliphatic rings. The molecule has 0 aliphatic carbocycles. The van der Waals surface area contributed by atoms with Crippen molar-refractivity contribution in [2.45, 2.75) is 32.1 Å². The number of pyridine rings is 1. The number of hydrogen-bond acceptors (Lipinski definition) is 6. The molecule has 9 heteroatoms. The quantitative estimate of drug-likeness (QED) is 0.566. The van der Waals surface area contributed by atoms with E-state index in [0.29, 0.717) is 22.8 Å². The number of halogens is 1. The number of anilines is 1. The number of carbonyl (C=O) groups is 1. The first-order chi connectivity index (χ1) is 16.5. The van der Waals surface area contributed by atoms with Crippen LogP contribution in [0.5, 0.6) is 0 Å². The molecule has 0 saturated carbocycles. The van der Waals surface area contributed by atoms with Gasteiger partial charge in [0.2, 0.25) is 5.91 Å². The highest BCUT2D eigenvalue weighted by atomic mass is 32.1. The monoisotopic (exact) mass is 480 g/mol. The predicted octanol–water partition coefficient (Wildman–Crippen LogP) is 3.28. The van der Waals surface area contributed by atoms with Gasteiger partial charge in [0.15, 0.2) is 5.13 Å². The molecule has 1 fully saturated rings. The lowest BCUT2D eigenvalue weighted by Gasteiger charge is -2.30. The number of thiazole rings is 1. The Hall–Kier alpha value is -3.14. The highest BCUT2D eigenvalue weighted by Crippen LogP contribution is 2.50. The van der Waals surface area contributed by atoms with Gasteiger partial charge < -0.3 is 15.0 Å². The number of likely N-dealkylation sites (tertiary alicyclic amines) is 1. The van der Waals surface area contributed by atoms with E-state index in [1.807, 2.05) is 24.0 Å². The minimum absolute atomic E-state index is 0.101. The third-order valence-corrected chi connectivity index (χ3v) is 7.50. The lowest BCUT2D eigenvalue weighted by molar-refractivity contribution is -0.122. The van der Waals surface area contributed by atoms with E-state index in [0.717, 1.165) is 5.69 Å². The number of fused-ring (bicyclic) bond motifs is 3. The summed E-state index contributed by atoms with van der Waals surface area (Å²) in [6, 6.07) is 9.16. The fourth-order valence-electron chi connectivity index (χ4n) is 5.40. The van der Waals surface area contributed by atoms with Crippen LogP contribution in [0.3, 0.4) is 0 Å². The zero-order valence-corrected chi connectivity index (χ0v) is 19.4. The number of rotatable bonds is 6. The standard InChI is InChI=1S/C25H25FN4O3S/c1-2-5-15-8-9-20-21-17(13-29(20)24(15)33)18(14-31)22(23(32)28-25-27-10-11-34-25)30(21)12-16-6-3-4-7-19(16)26/h2-11,17-18,21-22,31H,12-14H2,1H3,(H,27,28,32)/b5-2+/t17-,18-,21+,22-/m0/s1. The summed E-state index contributed by atoms with van der Waals surface area (Å²) in [6.07, 6.45) is 5.20. The lowest BCUT2D eigenvalue weighted by atomic mass is 9.88. The summed E-state index contributed by atoms with van der Waals surface area (Å²) in [4.78, 5) is 32.6. The second-order valence-electron chi connectivity index (χ2n) is 8.62. The van der Waals surface area contributed by atoms with Crippen LogP contribution in [0.15, 0.2) is 58.8 Å². The molecule has 0 bridgehead atoms. The molecule has 0 unspecified atom stereocenters. The van der Waals surface area contributed by atoms with Gasteiger partial charge in [-0.05, 0) is 25.1 Å². The number of aromatic nitrogens is 2. The Labute approximate surface area is 200 Å². The van der Waals surface area contributed by atoms with E-state index in [1.165, 1.54) is 17.4 Å². The molecule has 4 atom stereocenters. The van der Waals surface area contributed by atoms with Crippen molar-refractivity contribution in [3.8, 4) is 0 Å². The van der Waals surface area contributed by atoms with Crippen molar-refractivity contribution in [1.29, 1.82) is 0 Å². The van der Waals surface area contributed by atoms with Crippen molar-refractivity contribution < 1.29 is 14.3 Å². The maximum atomic E-state index is 14.6. The highest BCUT2D eigenvalue weighted by molar-refractivity contribution is 7.13. The van der Waals surface area contributed by atoms with Gasteiger partial charge in [0, 0.05) is 59.9 Å². The number of carbonyl (C=O) groups excluding carboxylic acids is 1. The average molecular weight is 481 g/mol. The summed E-state index contributed by atoms with van der Waals surface area (Å²) in [5, 5.41) is 15.5. The van der Waals surface area contributed by atoms with Crippen molar-refractivity contribution in [3.05, 3.63) is 87.0 Å². The highest BCUT2D eigenvalue weighted by Gasteiger charge is 2.55. The Bertz CT molecular complexity index is 1290. The van der Waals surface area contributed by atoms with Crippen LogP contribution in [0.25, 0.3) is 6.08 Å². The second-order valence-corrected chi connectivity index (χ2v) is 9.51. The van der Waals surface area contributed by atoms with Crippen LogP contribution in [-0.2, 0) is 17.9 Å². The second kappa shape index (κ2) is 9.25. The molecular weight excluding hydrogens is 455 g/mol. The third-order valence-electron chi connectivity index (χ3n) is 6.81. The van der Waals surface area contributed by atoms with Gasteiger partial charge in [-0.2, -0.15) is 0 Å². The number of nitrogens with zero attached hydrogens (tertiary/aromatic N) is 3. The Morgan fingerprint density at radius 3 is 2.85 bits per heavy atom. The average Bonchev–Trinajstić information content (AvgIpc) is 3.53. The van der Waals surface area contributed by atoms with Gasteiger partial charge >= 0.3 is 0 Å². The third kappa shape index (κ3) is 3.79. The number of allylic oxidation sites excluding steroid dienone is 1. The molecule has 5 rings (SSSR count). The minimum atomic E-state index is -0.706. The summed E-state index contributed by atoms with van der Waals surface area (Å²) in [5.74, 6) is -1.25. The van der Waals surface area contributed by atoms with Crippen LogP contribution in [0.4, 0.5) is 9.52 Å². The van der Waals surface area contributed by atoms with Crippen molar-refractivity contribution in [2.75, 3.05) is 11.9 Å². The van der Waals surface area contributed by atoms with Gasteiger partial charge in [0.25, 0.3) is 5.56 Å². The molecule has 0 radical (unpaired) electrons. The molecule has 4 heterocycles. The van der Waals surface area contributed by atoms with Crippen LogP contribution >= 0.6 is 11.3 Å². The van der Waals surface area contributed by atoms with Crippen molar-refractivity contribution in [1.82, 2.24) is 14.5 Å². The number of benzene rings is 1. The van der Waals surface area contributed by atoms with Crippen LogP contribution in [0.1, 0.15) is 29.8 Å². The smallest absolute Gasteiger partial charge is 0.258 e. The fraction of sp³-hybridized carbons (Fsp3) is 0.320. The van der Waals surface area contributed by atoms with E-state index < -0.39 is 12.0 Å². The van der Waals surface area contributed by atoms with Crippen LogP contribution < -0.4 is 10.9 Å². The number of nitrogens with one attached hydrogen (secondary N) is 1. The van der Waals surface area contributed by atoms with E-state index in [9.17, 15) is 19.1 Å². The van der Waals surface area contributed by atoms with Gasteiger partial charge in [-0.15, -0.1) is 11.3 Å². The maximum Gasteiger partial charge on any atom is 0.258 e. The molecule has 7 nitrogen and oxygen atoms in total. The van der Waals surface area contributed by atoms with Gasteiger partial charge in [0.05, 0.1) is 12.1 Å². The van der Waals surface area contributed by atoms with Gasteiger partial charge in [-0.25, -0.2) is 9.37 Å². The van der Waals surface area contributed by atoms with E-state index in [2.05, 4.69) is 10.3 Å². The van der Waals surface area contributed by atoms with Gasteiger partial charge in [-0.1, -0.05) is 30.4 Å². The first-order valence-corrected chi connectivity index (χ1v) is 12.1. The summed E-state index contributed by atoms with van der Waals surface area (Å²) in [6.45, 7) is 2.19. The molecule has 1 saturated heterocycles. The summed E-state index contributed by atoms with van der Waals surface area (Å²) < 4.78 is 16.4. The van der Waals surface area contributed by atoms with E-state index >= 15 is 0 Å².